The zero-order chi connectivity index (χ0) is 15.3. The number of carbonyl (C=O) groups is 1. The minimum atomic E-state index is -3.64. The minimum Gasteiger partial charge on any atom is -0.481 e. The number of rotatable bonds is 7. The van der Waals surface area contributed by atoms with E-state index in [0.29, 0.717) is 0 Å². The van der Waals surface area contributed by atoms with E-state index in [0.717, 1.165) is 4.31 Å². The second-order valence-electron chi connectivity index (χ2n) is 4.27. The number of sulfonamides is 1. The van der Waals surface area contributed by atoms with Crippen molar-refractivity contribution in [2.75, 3.05) is 12.8 Å². The van der Waals surface area contributed by atoms with Gasteiger partial charge in [-0.2, -0.15) is 0 Å². The maximum absolute atomic E-state index is 13.6. The molecule has 0 atom stereocenters. The fourth-order valence-electron chi connectivity index (χ4n) is 1.57. The van der Waals surface area contributed by atoms with Gasteiger partial charge in [0.05, 0.1) is 5.75 Å². The van der Waals surface area contributed by atoms with Gasteiger partial charge < -0.3 is 5.11 Å². The highest BCUT2D eigenvalue weighted by Crippen LogP contribution is 2.21. The molecule has 112 valence electrons. The summed E-state index contributed by atoms with van der Waals surface area (Å²) < 4.78 is 38.4. The lowest BCUT2D eigenvalue weighted by atomic mass is 10.2. The Hall–Kier alpha value is -1.18. The van der Waals surface area contributed by atoms with Gasteiger partial charge >= 0.3 is 5.97 Å². The average Bonchev–Trinajstić information content (AvgIpc) is 2.33. The Labute approximate surface area is 122 Å². The van der Waals surface area contributed by atoms with Gasteiger partial charge in [0, 0.05) is 30.6 Å². The third-order valence-electron chi connectivity index (χ3n) is 2.71. The van der Waals surface area contributed by atoms with E-state index in [4.69, 9.17) is 16.7 Å². The quantitative estimate of drug-likeness (QED) is 0.834. The number of benzene rings is 1. The highest BCUT2D eigenvalue weighted by molar-refractivity contribution is 7.89. The van der Waals surface area contributed by atoms with Crippen LogP contribution in [0.4, 0.5) is 4.39 Å². The van der Waals surface area contributed by atoms with Crippen LogP contribution in [0.25, 0.3) is 0 Å². The first kappa shape index (κ1) is 16.9. The van der Waals surface area contributed by atoms with Crippen LogP contribution < -0.4 is 0 Å². The fourth-order valence-corrected chi connectivity index (χ4v) is 2.94. The number of aliphatic carboxylic acids is 1. The molecule has 1 rings (SSSR count). The van der Waals surface area contributed by atoms with E-state index in [-0.39, 0.29) is 35.7 Å². The van der Waals surface area contributed by atoms with E-state index >= 15 is 0 Å². The summed E-state index contributed by atoms with van der Waals surface area (Å²) in [6, 6.07) is 4.11. The zero-order valence-corrected chi connectivity index (χ0v) is 12.4. The number of carboxylic acid groups (broad SMARTS) is 1. The molecule has 5 nitrogen and oxygen atoms in total. The molecule has 0 aliphatic rings. The lowest BCUT2D eigenvalue weighted by Gasteiger charge is -2.18. The third-order valence-corrected chi connectivity index (χ3v) is 4.95. The van der Waals surface area contributed by atoms with Crippen molar-refractivity contribution in [3.05, 3.63) is 34.6 Å². The molecule has 0 amide bonds. The summed E-state index contributed by atoms with van der Waals surface area (Å²) in [5, 5.41) is 8.63. The Kier molecular flexibility index (Phi) is 5.91. The van der Waals surface area contributed by atoms with Crippen molar-refractivity contribution in [3.8, 4) is 0 Å². The zero-order valence-electron chi connectivity index (χ0n) is 10.8. The number of halogens is 2. The fraction of sp³-hybridized carbons (Fsp3) is 0.417. The van der Waals surface area contributed by atoms with Crippen LogP contribution in [0.2, 0.25) is 5.02 Å². The van der Waals surface area contributed by atoms with E-state index in [9.17, 15) is 17.6 Å². The average molecular weight is 324 g/mol. The molecule has 8 heteroatoms. The molecule has 0 radical (unpaired) electrons. The van der Waals surface area contributed by atoms with Gasteiger partial charge in [-0.05, 0) is 18.6 Å². The summed E-state index contributed by atoms with van der Waals surface area (Å²) in [4.78, 5) is 10.4. The summed E-state index contributed by atoms with van der Waals surface area (Å²) >= 11 is 5.83. The Morgan fingerprint density at radius 2 is 2.10 bits per heavy atom. The molecule has 0 unspecified atom stereocenters. The molecule has 0 saturated heterocycles. The summed E-state index contributed by atoms with van der Waals surface area (Å²) in [5.74, 6) is -1.94. The predicted molar refractivity (Wildman–Crippen MR) is 73.5 cm³/mol. The van der Waals surface area contributed by atoms with Gasteiger partial charge in [-0.25, -0.2) is 17.1 Å². The Bertz CT molecular complexity index is 571. The Morgan fingerprint density at radius 3 is 2.65 bits per heavy atom. The first-order chi connectivity index (χ1) is 9.24. The van der Waals surface area contributed by atoms with Crippen molar-refractivity contribution in [3.63, 3.8) is 0 Å². The maximum atomic E-state index is 13.6. The molecule has 0 aliphatic heterocycles. The molecule has 1 N–H and O–H groups in total. The standard InChI is InChI=1S/C12H15ClFNO4S/c1-15(20(18,19)7-3-6-12(16)17)8-9-10(13)4-2-5-11(9)14/h2,4-5H,3,6-8H2,1H3,(H,16,17). The van der Waals surface area contributed by atoms with Crippen LogP contribution in [0.15, 0.2) is 18.2 Å². The van der Waals surface area contributed by atoms with Crippen molar-refractivity contribution in [2.24, 2.45) is 0 Å². The highest BCUT2D eigenvalue weighted by Gasteiger charge is 2.20. The highest BCUT2D eigenvalue weighted by atomic mass is 35.5. The van der Waals surface area contributed by atoms with Gasteiger partial charge in [0.15, 0.2) is 0 Å². The lowest BCUT2D eigenvalue weighted by molar-refractivity contribution is -0.137. The van der Waals surface area contributed by atoms with Gasteiger partial charge in [0.25, 0.3) is 0 Å². The molecule has 0 spiro atoms. The molecular formula is C12H15ClFNO4S. The summed E-state index contributed by atoms with van der Waals surface area (Å²) in [5.41, 5.74) is 0.0958. The van der Waals surface area contributed by atoms with Crippen LogP contribution in [-0.4, -0.2) is 36.6 Å². The van der Waals surface area contributed by atoms with E-state index in [1.165, 1.54) is 25.2 Å². The third kappa shape index (κ3) is 4.73. The van der Waals surface area contributed by atoms with Crippen molar-refractivity contribution in [2.45, 2.75) is 19.4 Å². The van der Waals surface area contributed by atoms with Crippen molar-refractivity contribution in [1.29, 1.82) is 0 Å². The second kappa shape index (κ2) is 7.01. The van der Waals surface area contributed by atoms with E-state index in [1.807, 2.05) is 0 Å². The van der Waals surface area contributed by atoms with Gasteiger partial charge in [0.1, 0.15) is 5.82 Å². The number of hydrogen-bond acceptors (Lipinski definition) is 3. The maximum Gasteiger partial charge on any atom is 0.303 e. The molecule has 0 heterocycles. The van der Waals surface area contributed by atoms with Crippen molar-refractivity contribution >= 4 is 27.6 Å². The molecule has 0 aliphatic carbocycles. The van der Waals surface area contributed by atoms with Gasteiger partial charge in [0.2, 0.25) is 10.0 Å². The topological polar surface area (TPSA) is 74.7 Å². The van der Waals surface area contributed by atoms with E-state index in [1.54, 1.807) is 0 Å². The number of hydrogen-bond donors (Lipinski definition) is 1. The van der Waals surface area contributed by atoms with E-state index < -0.39 is 21.8 Å². The summed E-state index contributed by atoms with van der Waals surface area (Å²) in [7, 11) is -2.34. The normalized spacial score (nSPS) is 11.8. The minimum absolute atomic E-state index is 0.00695. The van der Waals surface area contributed by atoms with Gasteiger partial charge in [-0.3, -0.25) is 4.79 Å². The summed E-state index contributed by atoms with van der Waals surface area (Å²) in [6.45, 7) is -0.194. The van der Waals surface area contributed by atoms with Crippen LogP contribution in [0.1, 0.15) is 18.4 Å². The molecule has 0 bridgehead atoms. The second-order valence-corrected chi connectivity index (χ2v) is 6.87. The van der Waals surface area contributed by atoms with Crippen LogP contribution in [0, 0.1) is 5.82 Å². The number of nitrogens with zero attached hydrogens (tertiary/aromatic N) is 1. The summed E-state index contributed by atoms with van der Waals surface area (Å²) in [6.07, 6.45) is -0.222. The Morgan fingerprint density at radius 1 is 1.45 bits per heavy atom. The molecule has 20 heavy (non-hydrogen) atoms. The lowest BCUT2D eigenvalue weighted by Crippen LogP contribution is -2.29. The van der Waals surface area contributed by atoms with Crippen LogP contribution >= 0.6 is 11.6 Å². The molecule has 0 saturated carbocycles. The molecule has 0 fully saturated rings. The van der Waals surface area contributed by atoms with Crippen LogP contribution in [0.3, 0.4) is 0 Å². The largest absolute Gasteiger partial charge is 0.481 e. The molecule has 1 aromatic rings. The predicted octanol–water partition coefficient (Wildman–Crippen LogP) is 2.11. The van der Waals surface area contributed by atoms with Crippen LogP contribution in [-0.2, 0) is 21.4 Å². The molecule has 0 aromatic heterocycles. The van der Waals surface area contributed by atoms with Crippen molar-refractivity contribution in [1.82, 2.24) is 4.31 Å². The molecule has 1 aromatic carbocycles. The Balaban J connectivity index is 2.74. The first-order valence-electron chi connectivity index (χ1n) is 5.82. The SMILES string of the molecule is CN(Cc1c(F)cccc1Cl)S(=O)(=O)CCCC(=O)O. The first-order valence-corrected chi connectivity index (χ1v) is 7.81. The van der Waals surface area contributed by atoms with Crippen LogP contribution in [0.5, 0.6) is 0 Å². The van der Waals surface area contributed by atoms with Gasteiger partial charge in [-0.15, -0.1) is 0 Å². The van der Waals surface area contributed by atoms with Gasteiger partial charge in [-0.1, -0.05) is 17.7 Å². The molecular weight excluding hydrogens is 309 g/mol. The van der Waals surface area contributed by atoms with Crippen molar-refractivity contribution < 1.29 is 22.7 Å². The van der Waals surface area contributed by atoms with E-state index in [2.05, 4.69) is 0 Å². The smallest absolute Gasteiger partial charge is 0.303 e. The number of carboxylic acids is 1. The monoisotopic (exact) mass is 323 g/mol.